The smallest absolute Gasteiger partial charge is 0.253 e. The van der Waals surface area contributed by atoms with Crippen LogP contribution in [0.15, 0.2) is 41.5 Å². The molecule has 30 heavy (non-hydrogen) atoms. The van der Waals surface area contributed by atoms with Gasteiger partial charge in [-0.05, 0) is 48.4 Å². The molecule has 0 saturated carbocycles. The van der Waals surface area contributed by atoms with E-state index in [-0.39, 0.29) is 42.6 Å². The van der Waals surface area contributed by atoms with Crippen LogP contribution in [0.2, 0.25) is 10.0 Å². The highest BCUT2D eigenvalue weighted by Gasteiger charge is 2.29. The average Bonchev–Trinajstić information content (AvgIpc) is 3.09. The molecule has 0 radical (unpaired) electrons. The molecule has 0 aromatic heterocycles. The zero-order valence-corrected chi connectivity index (χ0v) is 18.1. The molecule has 8 heteroatoms. The number of carbonyl (C=O) groups is 2. The van der Waals surface area contributed by atoms with Crippen molar-refractivity contribution in [3.8, 4) is 0 Å². The summed E-state index contributed by atoms with van der Waals surface area (Å²) in [4.78, 5) is 24.7. The topological polar surface area (TPSA) is 70.0 Å². The fourth-order valence-electron chi connectivity index (χ4n) is 3.04. The molecular formula is C22H21Cl2FN2O3. The van der Waals surface area contributed by atoms with E-state index >= 15 is 0 Å². The molecule has 0 bridgehead atoms. The van der Waals surface area contributed by atoms with Gasteiger partial charge in [-0.1, -0.05) is 37.0 Å². The fourth-order valence-corrected chi connectivity index (χ4v) is 3.43. The maximum absolute atomic E-state index is 14.4. The molecule has 158 valence electrons. The van der Waals surface area contributed by atoms with Gasteiger partial charge in [0.25, 0.3) is 5.91 Å². The molecule has 0 atom stereocenters. The summed E-state index contributed by atoms with van der Waals surface area (Å²) in [5.74, 6) is -0.935. The third kappa shape index (κ3) is 4.72. The van der Waals surface area contributed by atoms with Crippen molar-refractivity contribution in [2.24, 2.45) is 10.5 Å². The summed E-state index contributed by atoms with van der Waals surface area (Å²) >= 11 is 12.1. The number of ketones is 1. The second-order valence-electron chi connectivity index (χ2n) is 7.79. The molecule has 0 aliphatic carbocycles. The lowest BCUT2D eigenvalue weighted by atomic mass is 9.86. The van der Waals surface area contributed by atoms with E-state index in [2.05, 4.69) is 5.10 Å². The number of hydrazone groups is 1. The normalized spacial score (nSPS) is 14.3. The number of anilines is 1. The Balaban J connectivity index is 1.86. The maximum atomic E-state index is 14.4. The third-order valence-corrected chi connectivity index (χ3v) is 5.63. The van der Waals surface area contributed by atoms with Crippen molar-refractivity contribution in [1.82, 2.24) is 0 Å². The van der Waals surface area contributed by atoms with Crippen LogP contribution in [0.4, 0.5) is 10.1 Å². The minimum Gasteiger partial charge on any atom is -0.395 e. The molecule has 1 amide bonds. The van der Waals surface area contributed by atoms with Gasteiger partial charge in [-0.25, -0.2) is 9.40 Å². The maximum Gasteiger partial charge on any atom is 0.253 e. The largest absolute Gasteiger partial charge is 0.395 e. The van der Waals surface area contributed by atoms with Crippen LogP contribution in [-0.2, 0) is 16.0 Å². The van der Waals surface area contributed by atoms with Crippen molar-refractivity contribution in [2.45, 2.75) is 33.1 Å². The van der Waals surface area contributed by atoms with Crippen molar-refractivity contribution in [2.75, 3.05) is 11.6 Å². The molecule has 1 aliphatic rings. The van der Waals surface area contributed by atoms with Crippen LogP contribution in [0.3, 0.4) is 0 Å². The van der Waals surface area contributed by atoms with Crippen molar-refractivity contribution < 1.29 is 19.1 Å². The predicted octanol–water partition coefficient (Wildman–Crippen LogP) is 4.79. The molecule has 0 fully saturated rings. The summed E-state index contributed by atoms with van der Waals surface area (Å²) in [5, 5.41) is 15.6. The first-order chi connectivity index (χ1) is 14.1. The van der Waals surface area contributed by atoms with Gasteiger partial charge in [0.15, 0.2) is 0 Å². The predicted molar refractivity (Wildman–Crippen MR) is 116 cm³/mol. The number of aliphatic hydroxyl groups excluding tert-OH is 1. The second-order valence-corrected chi connectivity index (χ2v) is 8.64. The number of nitrogens with zero attached hydrogens (tertiary/aromatic N) is 2. The molecule has 1 heterocycles. The van der Waals surface area contributed by atoms with E-state index in [1.165, 1.54) is 17.1 Å². The van der Waals surface area contributed by atoms with Crippen LogP contribution in [0.5, 0.6) is 0 Å². The molecule has 0 spiro atoms. The number of aryl methyl sites for hydroxylation is 1. The average molecular weight is 451 g/mol. The summed E-state index contributed by atoms with van der Waals surface area (Å²) in [6.07, 6.45) is 0.248. The lowest BCUT2D eigenvalue weighted by Gasteiger charge is -2.19. The fraction of sp³-hybridized carbons (Fsp3) is 0.318. The summed E-state index contributed by atoms with van der Waals surface area (Å²) in [6, 6.07) is 9.38. The Kier molecular flexibility index (Phi) is 6.60. The molecule has 0 saturated heterocycles. The van der Waals surface area contributed by atoms with Gasteiger partial charge in [0, 0.05) is 22.4 Å². The van der Waals surface area contributed by atoms with Gasteiger partial charge in [-0.2, -0.15) is 5.10 Å². The number of rotatable bonds is 7. The minimum absolute atomic E-state index is 0.0178. The van der Waals surface area contributed by atoms with Gasteiger partial charge in [0.2, 0.25) is 0 Å². The number of benzene rings is 2. The van der Waals surface area contributed by atoms with E-state index in [0.29, 0.717) is 27.5 Å². The number of hydrogen-bond acceptors (Lipinski definition) is 4. The van der Waals surface area contributed by atoms with Gasteiger partial charge >= 0.3 is 0 Å². The van der Waals surface area contributed by atoms with E-state index in [1.54, 1.807) is 38.1 Å². The lowest BCUT2D eigenvalue weighted by molar-refractivity contribution is -0.129. The lowest BCUT2D eigenvalue weighted by Crippen LogP contribution is -2.28. The Morgan fingerprint density at radius 2 is 1.90 bits per heavy atom. The Hall–Kier alpha value is -2.28. The molecule has 1 aliphatic heterocycles. The van der Waals surface area contributed by atoms with Crippen molar-refractivity contribution in [1.29, 1.82) is 0 Å². The number of carbonyl (C=O) groups excluding carboxylic acids is 2. The second kappa shape index (κ2) is 8.84. The Morgan fingerprint density at radius 1 is 1.23 bits per heavy atom. The Bertz CT molecular complexity index is 1020. The minimum atomic E-state index is -0.882. The van der Waals surface area contributed by atoms with Crippen molar-refractivity contribution >= 4 is 46.3 Å². The van der Waals surface area contributed by atoms with Crippen LogP contribution < -0.4 is 5.01 Å². The molecule has 2 aromatic rings. The number of halogens is 3. The Morgan fingerprint density at radius 3 is 2.53 bits per heavy atom. The van der Waals surface area contributed by atoms with E-state index in [1.807, 2.05) is 0 Å². The van der Waals surface area contributed by atoms with Gasteiger partial charge in [-0.3, -0.25) is 9.59 Å². The summed E-state index contributed by atoms with van der Waals surface area (Å²) in [5.41, 5.74) is 0.855. The molecule has 5 nitrogen and oxygen atoms in total. The van der Waals surface area contributed by atoms with Crippen molar-refractivity contribution in [3.63, 3.8) is 0 Å². The molecule has 2 aromatic carbocycles. The van der Waals surface area contributed by atoms with Gasteiger partial charge in [0.1, 0.15) is 11.6 Å². The standard InChI is InChI=1S/C22H21Cl2FN2O3/c1-22(2,12-28)20(29)8-3-13-9-16(17(24)10-18(13)25)19-11-21(30)27(26-19)15-6-4-14(23)5-7-15/h4-7,9-10,28H,3,8,11-12H2,1-2H3. The molecule has 1 N–H and O–H groups in total. The molecular weight excluding hydrogens is 430 g/mol. The van der Waals surface area contributed by atoms with Crippen LogP contribution in [0, 0.1) is 11.2 Å². The number of amides is 1. The van der Waals surface area contributed by atoms with Gasteiger partial charge in [-0.15, -0.1) is 0 Å². The monoisotopic (exact) mass is 450 g/mol. The summed E-state index contributed by atoms with van der Waals surface area (Å²) < 4.78 is 14.4. The van der Waals surface area contributed by atoms with E-state index in [9.17, 15) is 19.1 Å². The molecule has 3 rings (SSSR count). The number of hydrogen-bond donors (Lipinski definition) is 1. The summed E-state index contributed by atoms with van der Waals surface area (Å²) in [6.45, 7) is 3.01. The van der Waals surface area contributed by atoms with Crippen LogP contribution in [-0.4, -0.2) is 29.1 Å². The SMILES string of the molecule is CC(C)(CO)C(=O)CCc1cc(C2=NN(c3ccc(Cl)cc3)C(=O)C2)c(Cl)cc1F. The van der Waals surface area contributed by atoms with E-state index in [0.717, 1.165) is 0 Å². The first-order valence-corrected chi connectivity index (χ1v) is 10.2. The zero-order chi connectivity index (χ0) is 22.1. The van der Waals surface area contributed by atoms with E-state index < -0.39 is 11.2 Å². The first-order valence-electron chi connectivity index (χ1n) is 9.41. The number of Topliss-reactive ketones (excluding diaryl/α,β-unsaturated/α-hetero) is 1. The first kappa shape index (κ1) is 22.4. The zero-order valence-electron chi connectivity index (χ0n) is 16.6. The van der Waals surface area contributed by atoms with Gasteiger partial charge in [0.05, 0.1) is 29.4 Å². The third-order valence-electron chi connectivity index (χ3n) is 5.07. The van der Waals surface area contributed by atoms with Crippen LogP contribution in [0.25, 0.3) is 0 Å². The van der Waals surface area contributed by atoms with Crippen molar-refractivity contribution in [3.05, 3.63) is 63.4 Å². The van der Waals surface area contributed by atoms with Gasteiger partial charge < -0.3 is 5.11 Å². The summed E-state index contributed by atoms with van der Waals surface area (Å²) in [7, 11) is 0. The quantitative estimate of drug-likeness (QED) is 0.658. The molecule has 0 unspecified atom stereocenters. The van der Waals surface area contributed by atoms with E-state index in [4.69, 9.17) is 23.2 Å². The highest BCUT2D eigenvalue weighted by Crippen LogP contribution is 2.29. The highest BCUT2D eigenvalue weighted by molar-refractivity contribution is 6.35. The van der Waals surface area contributed by atoms with Crippen LogP contribution in [0.1, 0.15) is 37.8 Å². The number of aliphatic hydroxyl groups is 1. The Labute approximate surface area is 184 Å². The highest BCUT2D eigenvalue weighted by atomic mass is 35.5. The van der Waals surface area contributed by atoms with Crippen LogP contribution >= 0.6 is 23.2 Å².